The summed E-state index contributed by atoms with van der Waals surface area (Å²) in [6.45, 7) is 8.43. The molecule has 0 spiro atoms. The predicted molar refractivity (Wildman–Crippen MR) is 165 cm³/mol. The van der Waals surface area contributed by atoms with Gasteiger partial charge in [0.2, 0.25) is 5.60 Å². The van der Waals surface area contributed by atoms with Crippen molar-refractivity contribution in [2.75, 3.05) is 13.7 Å². The molecule has 0 saturated carbocycles. The van der Waals surface area contributed by atoms with Crippen LogP contribution in [0, 0.1) is 12.7 Å². The maximum absolute atomic E-state index is 14.8. The molecule has 1 unspecified atom stereocenters. The highest BCUT2D eigenvalue weighted by Gasteiger charge is 2.56. The Morgan fingerprint density at radius 3 is 2.19 bits per heavy atom. The average Bonchev–Trinajstić information content (AvgIpc) is 2.97. The highest BCUT2D eigenvalue weighted by molar-refractivity contribution is 5.96. The van der Waals surface area contributed by atoms with Gasteiger partial charge in [-0.05, 0) is 108 Å². The fourth-order valence-corrected chi connectivity index (χ4v) is 4.65. The molecule has 1 atom stereocenters. The summed E-state index contributed by atoms with van der Waals surface area (Å²) in [6, 6.07) is 9.67. The molecule has 0 saturated heterocycles. The van der Waals surface area contributed by atoms with Crippen molar-refractivity contribution in [3.63, 3.8) is 0 Å². The van der Waals surface area contributed by atoms with Gasteiger partial charge in [-0.1, -0.05) is 0 Å². The van der Waals surface area contributed by atoms with E-state index in [4.69, 9.17) is 14.2 Å². The van der Waals surface area contributed by atoms with Gasteiger partial charge >= 0.3 is 12.3 Å². The van der Waals surface area contributed by atoms with E-state index in [1.807, 2.05) is 0 Å². The summed E-state index contributed by atoms with van der Waals surface area (Å²) < 4.78 is 99.0. The van der Waals surface area contributed by atoms with Crippen molar-refractivity contribution in [3.8, 4) is 22.8 Å². The molecule has 2 N–H and O–H groups in total. The Morgan fingerprint density at radius 2 is 1.62 bits per heavy atom. The van der Waals surface area contributed by atoms with Crippen LogP contribution in [0.15, 0.2) is 48.5 Å². The Balaban J connectivity index is 2.08. The first-order valence-corrected chi connectivity index (χ1v) is 14.8. The van der Waals surface area contributed by atoms with Gasteiger partial charge in [-0.3, -0.25) is 4.79 Å². The van der Waals surface area contributed by atoms with E-state index in [0.29, 0.717) is 0 Å². The zero-order chi connectivity index (χ0) is 36.2. The maximum Gasteiger partial charge on any atom is 0.422 e. The second-order valence-corrected chi connectivity index (χ2v) is 12.7. The molecular weight excluding hydrogens is 646 g/mol. The third-order valence-electron chi connectivity index (χ3n) is 7.27. The summed E-state index contributed by atoms with van der Waals surface area (Å²) in [5.74, 6) is -1.58. The van der Waals surface area contributed by atoms with E-state index in [1.165, 1.54) is 58.2 Å². The number of nitrogens with one attached hydrogen (secondary N) is 1. The molecule has 3 aromatic rings. The molecular formula is C34H38F6N2O6. The Labute approximate surface area is 274 Å². The largest absolute Gasteiger partial charge is 0.493 e. The van der Waals surface area contributed by atoms with Crippen molar-refractivity contribution in [1.82, 2.24) is 10.3 Å². The number of aliphatic hydroxyl groups is 1. The number of hydrogen-bond acceptors (Lipinski definition) is 7. The van der Waals surface area contributed by atoms with E-state index in [-0.39, 0.29) is 39.4 Å². The van der Waals surface area contributed by atoms with Crippen LogP contribution >= 0.6 is 0 Å². The lowest BCUT2D eigenvalue weighted by Gasteiger charge is -2.33. The first-order valence-electron chi connectivity index (χ1n) is 14.8. The van der Waals surface area contributed by atoms with Crippen LogP contribution in [0.3, 0.4) is 0 Å². The van der Waals surface area contributed by atoms with Crippen molar-refractivity contribution in [3.05, 3.63) is 76.7 Å². The lowest BCUT2D eigenvalue weighted by atomic mass is 9.86. The highest BCUT2D eigenvalue weighted by atomic mass is 19.4. The van der Waals surface area contributed by atoms with Crippen molar-refractivity contribution in [2.24, 2.45) is 0 Å². The van der Waals surface area contributed by atoms with Gasteiger partial charge in [-0.15, -0.1) is 0 Å². The molecule has 8 nitrogen and oxygen atoms in total. The fourth-order valence-electron chi connectivity index (χ4n) is 4.65. The van der Waals surface area contributed by atoms with Gasteiger partial charge in [0.1, 0.15) is 18.0 Å². The molecule has 3 rings (SSSR count). The number of pyridine rings is 1. The van der Waals surface area contributed by atoms with E-state index in [2.05, 4.69) is 10.3 Å². The number of methoxy groups -OCH3 is 1. The molecule has 48 heavy (non-hydrogen) atoms. The summed E-state index contributed by atoms with van der Waals surface area (Å²) in [4.78, 5) is 29.9. The second kappa shape index (κ2) is 14.4. The number of alkyl carbamates (subject to hydrolysis) is 1. The molecule has 0 aliphatic carbocycles. The summed E-state index contributed by atoms with van der Waals surface area (Å²) in [7, 11) is 1.19. The van der Waals surface area contributed by atoms with E-state index in [1.54, 1.807) is 20.8 Å². The van der Waals surface area contributed by atoms with Crippen molar-refractivity contribution >= 4 is 11.9 Å². The molecule has 262 valence electrons. The molecule has 0 aliphatic heterocycles. The number of ether oxygens (including phenoxy) is 3. The summed E-state index contributed by atoms with van der Waals surface area (Å²) in [6.07, 6.45) is -11.0. The van der Waals surface area contributed by atoms with Crippen LogP contribution in [0.2, 0.25) is 0 Å². The zero-order valence-electron chi connectivity index (χ0n) is 27.5. The predicted octanol–water partition coefficient (Wildman–Crippen LogP) is 8.02. The Kier molecular flexibility index (Phi) is 11.5. The van der Waals surface area contributed by atoms with Crippen LogP contribution in [0.25, 0.3) is 11.3 Å². The molecule has 2 aromatic carbocycles. The minimum Gasteiger partial charge on any atom is -0.493 e. The molecule has 1 heterocycles. The van der Waals surface area contributed by atoms with E-state index in [0.717, 1.165) is 18.2 Å². The van der Waals surface area contributed by atoms with E-state index >= 15 is 0 Å². The molecule has 1 aromatic heterocycles. The normalized spacial score (nSPS) is 13.6. The van der Waals surface area contributed by atoms with Crippen LogP contribution in [0.4, 0.5) is 31.1 Å². The highest BCUT2D eigenvalue weighted by Crippen LogP contribution is 2.44. The van der Waals surface area contributed by atoms with E-state index < -0.39 is 72.2 Å². The molecule has 0 bridgehead atoms. The second-order valence-electron chi connectivity index (χ2n) is 12.7. The minimum absolute atomic E-state index is 0.0669. The van der Waals surface area contributed by atoms with E-state index in [9.17, 15) is 41.0 Å². The number of halogens is 6. The molecule has 1 amide bonds. The Bertz CT molecular complexity index is 1640. The summed E-state index contributed by atoms with van der Waals surface area (Å²) in [5, 5.41) is 14.0. The van der Waals surface area contributed by atoms with Crippen molar-refractivity contribution in [2.45, 2.75) is 83.7 Å². The van der Waals surface area contributed by atoms with Gasteiger partial charge in [0, 0.05) is 17.5 Å². The SMILES string of the molecule is COc1cc(C(=O)CCC(O)(c2cc(C(C)(C)NC(=O)OC(C)(C)C)cc(-c3ccc(F)c(C)c3)n2)C(F)(F)F)ccc1OCC(F)F. The number of carbonyl (C=O) groups excluding carboxylic acids is 2. The number of aryl methyl sites for hydroxylation is 1. The van der Waals surface area contributed by atoms with Crippen LogP contribution in [-0.2, 0) is 15.9 Å². The monoisotopic (exact) mass is 684 g/mol. The van der Waals surface area contributed by atoms with Gasteiger partial charge < -0.3 is 24.6 Å². The number of carbonyl (C=O) groups is 2. The lowest BCUT2D eigenvalue weighted by Crippen LogP contribution is -2.45. The topological polar surface area (TPSA) is 107 Å². The lowest BCUT2D eigenvalue weighted by molar-refractivity contribution is -0.270. The number of Topliss-reactive ketones (excluding diaryl/α,β-unsaturated/α-hetero) is 1. The molecule has 0 fully saturated rings. The van der Waals surface area contributed by atoms with Gasteiger partial charge in [0.05, 0.1) is 24.0 Å². The third kappa shape index (κ3) is 9.39. The fraction of sp³-hybridized carbons (Fsp3) is 0.441. The number of aromatic nitrogens is 1. The molecule has 14 heteroatoms. The van der Waals surface area contributed by atoms with Crippen LogP contribution in [0.5, 0.6) is 11.5 Å². The quantitative estimate of drug-likeness (QED) is 0.147. The number of rotatable bonds is 12. The Morgan fingerprint density at radius 1 is 0.958 bits per heavy atom. The number of hydrogen-bond donors (Lipinski definition) is 2. The van der Waals surface area contributed by atoms with Crippen molar-refractivity contribution < 1.29 is 55.2 Å². The van der Waals surface area contributed by atoms with Crippen LogP contribution in [-0.4, -0.2) is 53.9 Å². The van der Waals surface area contributed by atoms with Gasteiger partial charge in [-0.2, -0.15) is 13.2 Å². The number of amides is 1. The molecule has 0 radical (unpaired) electrons. The summed E-state index contributed by atoms with van der Waals surface area (Å²) >= 11 is 0. The number of benzene rings is 2. The Hall–Kier alpha value is -4.33. The van der Waals surface area contributed by atoms with Crippen LogP contribution < -0.4 is 14.8 Å². The summed E-state index contributed by atoms with van der Waals surface area (Å²) in [5.41, 5.74) is -6.48. The standard InChI is InChI=1S/C34H38F6N2O6/c1-19-14-20(8-10-23(19)35)24-16-22(32(5,6)42-30(44)48-31(2,3)4)17-28(41-24)33(45,34(38,39)40)13-12-25(43)21-9-11-26(27(15-21)46-7)47-18-29(36)37/h8-11,14-17,29,45H,12-13,18H2,1-7H3,(H,42,44). The van der Waals surface area contributed by atoms with Crippen molar-refractivity contribution in [1.29, 1.82) is 0 Å². The number of nitrogens with zero attached hydrogens (tertiary/aromatic N) is 1. The number of ketones is 1. The minimum atomic E-state index is -5.34. The maximum atomic E-state index is 14.8. The average molecular weight is 685 g/mol. The first-order chi connectivity index (χ1) is 22.1. The number of alkyl halides is 5. The third-order valence-corrected chi connectivity index (χ3v) is 7.27. The van der Waals surface area contributed by atoms with Gasteiger partial charge in [0.15, 0.2) is 17.3 Å². The van der Waals surface area contributed by atoms with Gasteiger partial charge in [0.25, 0.3) is 6.43 Å². The first kappa shape index (κ1) is 38.1. The van der Waals surface area contributed by atoms with Crippen LogP contribution in [0.1, 0.15) is 74.6 Å². The molecule has 0 aliphatic rings. The van der Waals surface area contributed by atoms with Gasteiger partial charge in [-0.25, -0.2) is 22.9 Å². The zero-order valence-corrected chi connectivity index (χ0v) is 27.5. The smallest absolute Gasteiger partial charge is 0.422 e.